The van der Waals surface area contributed by atoms with E-state index in [1.165, 1.54) is 23.3 Å². The molecule has 0 aliphatic heterocycles. The third-order valence-corrected chi connectivity index (χ3v) is 2.32. The highest BCUT2D eigenvalue weighted by Gasteiger charge is 2.08. The van der Waals surface area contributed by atoms with Gasteiger partial charge in [-0.3, -0.25) is 0 Å². The molecule has 0 radical (unpaired) electrons. The number of hydrogen-bond donors (Lipinski definition) is 1. The van der Waals surface area contributed by atoms with E-state index in [1.807, 2.05) is 0 Å². The van der Waals surface area contributed by atoms with Gasteiger partial charge in [0.25, 0.3) is 0 Å². The number of allylic oxidation sites excluding steroid dienone is 3. The topological polar surface area (TPSA) is 0 Å². The van der Waals surface area contributed by atoms with Crippen LogP contribution in [0.2, 0.25) is 0 Å². The Morgan fingerprint density at radius 2 is 2.20 bits per heavy atom. The summed E-state index contributed by atoms with van der Waals surface area (Å²) in [5.74, 6) is 0.664. The van der Waals surface area contributed by atoms with Gasteiger partial charge in [0.15, 0.2) is 0 Å². The van der Waals surface area contributed by atoms with Gasteiger partial charge in [0, 0.05) is 4.91 Å². The van der Waals surface area contributed by atoms with Gasteiger partial charge in [-0.1, -0.05) is 31.6 Å². The lowest BCUT2D eigenvalue weighted by atomic mass is 9.95. The lowest BCUT2D eigenvalue weighted by Crippen LogP contribution is -1.98. The maximum absolute atomic E-state index is 4.39. The standard InChI is InChI=1S/C9H14S/c1-7(2)8-5-3-4-6-9(8)10/h4,6-7,10H,3,5H2,1-2H3. The van der Waals surface area contributed by atoms with Crippen molar-refractivity contribution in [1.29, 1.82) is 0 Å². The molecule has 56 valence electrons. The highest BCUT2D eigenvalue weighted by molar-refractivity contribution is 7.84. The molecule has 0 heterocycles. The second-order valence-corrected chi connectivity index (χ2v) is 3.49. The number of rotatable bonds is 1. The van der Waals surface area contributed by atoms with Crippen molar-refractivity contribution < 1.29 is 0 Å². The maximum atomic E-state index is 4.39. The Morgan fingerprint density at radius 1 is 1.50 bits per heavy atom. The van der Waals surface area contributed by atoms with Gasteiger partial charge in [-0.15, -0.1) is 12.6 Å². The van der Waals surface area contributed by atoms with Crippen molar-refractivity contribution in [2.24, 2.45) is 5.92 Å². The summed E-state index contributed by atoms with van der Waals surface area (Å²) in [5, 5.41) is 0. The Labute approximate surface area is 68.4 Å². The van der Waals surface area contributed by atoms with E-state index in [0.29, 0.717) is 5.92 Å². The molecule has 0 amide bonds. The Morgan fingerprint density at radius 3 is 2.60 bits per heavy atom. The van der Waals surface area contributed by atoms with E-state index in [0.717, 1.165) is 0 Å². The smallest absolute Gasteiger partial charge is 0.00315 e. The monoisotopic (exact) mass is 154 g/mol. The van der Waals surface area contributed by atoms with E-state index in [9.17, 15) is 0 Å². The maximum Gasteiger partial charge on any atom is 0.00315 e. The Kier molecular flexibility index (Phi) is 2.61. The Balaban J connectivity index is 2.79. The summed E-state index contributed by atoms with van der Waals surface area (Å²) < 4.78 is 0. The number of hydrogen-bond acceptors (Lipinski definition) is 1. The summed E-state index contributed by atoms with van der Waals surface area (Å²) in [6.07, 6.45) is 6.70. The van der Waals surface area contributed by atoms with Crippen LogP contribution >= 0.6 is 12.6 Å². The minimum Gasteiger partial charge on any atom is -0.143 e. The van der Waals surface area contributed by atoms with Crippen molar-refractivity contribution in [3.05, 3.63) is 22.6 Å². The summed E-state index contributed by atoms with van der Waals surface area (Å²) in [6, 6.07) is 0. The van der Waals surface area contributed by atoms with Crippen molar-refractivity contribution >= 4 is 12.6 Å². The first-order valence-electron chi connectivity index (χ1n) is 3.80. The van der Waals surface area contributed by atoms with Crippen molar-refractivity contribution in [2.75, 3.05) is 0 Å². The lowest BCUT2D eigenvalue weighted by molar-refractivity contribution is 0.707. The van der Waals surface area contributed by atoms with Gasteiger partial charge in [-0.2, -0.15) is 0 Å². The summed E-state index contributed by atoms with van der Waals surface area (Å²) >= 11 is 4.39. The van der Waals surface area contributed by atoms with Crippen LogP contribution in [0.3, 0.4) is 0 Å². The first-order chi connectivity index (χ1) is 4.72. The second-order valence-electron chi connectivity index (χ2n) is 3.01. The summed E-state index contributed by atoms with van der Waals surface area (Å²) in [4.78, 5) is 1.18. The van der Waals surface area contributed by atoms with Crippen LogP contribution in [0.4, 0.5) is 0 Å². The van der Waals surface area contributed by atoms with E-state index in [1.54, 1.807) is 0 Å². The van der Waals surface area contributed by atoms with Gasteiger partial charge in [0.1, 0.15) is 0 Å². The molecule has 0 fully saturated rings. The third kappa shape index (κ3) is 1.66. The van der Waals surface area contributed by atoms with Crippen LogP contribution in [-0.2, 0) is 0 Å². The van der Waals surface area contributed by atoms with E-state index in [-0.39, 0.29) is 0 Å². The van der Waals surface area contributed by atoms with Crippen LogP contribution in [0.1, 0.15) is 26.7 Å². The molecule has 0 aromatic rings. The molecule has 0 atom stereocenters. The molecule has 1 aliphatic rings. The fourth-order valence-corrected chi connectivity index (χ4v) is 1.73. The minimum atomic E-state index is 0.664. The van der Waals surface area contributed by atoms with Gasteiger partial charge in [-0.05, 0) is 18.8 Å². The normalized spacial score (nSPS) is 18.8. The van der Waals surface area contributed by atoms with Crippen LogP contribution in [0.15, 0.2) is 22.6 Å². The van der Waals surface area contributed by atoms with Crippen LogP contribution in [-0.4, -0.2) is 0 Å². The van der Waals surface area contributed by atoms with E-state index < -0.39 is 0 Å². The Bertz CT molecular complexity index is 175. The highest BCUT2D eigenvalue weighted by Crippen LogP contribution is 2.27. The number of thiol groups is 1. The van der Waals surface area contributed by atoms with E-state index >= 15 is 0 Å². The fourth-order valence-electron chi connectivity index (χ4n) is 1.25. The molecule has 0 N–H and O–H groups in total. The van der Waals surface area contributed by atoms with Crippen molar-refractivity contribution in [3.63, 3.8) is 0 Å². The molecule has 0 nitrogen and oxygen atoms in total. The first-order valence-corrected chi connectivity index (χ1v) is 4.25. The molecule has 0 aromatic carbocycles. The molecule has 1 aliphatic carbocycles. The van der Waals surface area contributed by atoms with Crippen LogP contribution < -0.4 is 0 Å². The molecule has 0 spiro atoms. The minimum absolute atomic E-state index is 0.664. The van der Waals surface area contributed by atoms with Crippen molar-refractivity contribution in [3.8, 4) is 0 Å². The predicted molar refractivity (Wildman–Crippen MR) is 49.2 cm³/mol. The molecule has 0 saturated heterocycles. The molecule has 0 aromatic heterocycles. The zero-order chi connectivity index (χ0) is 7.56. The van der Waals surface area contributed by atoms with E-state index in [2.05, 4.69) is 38.6 Å². The highest BCUT2D eigenvalue weighted by atomic mass is 32.1. The second kappa shape index (κ2) is 3.29. The third-order valence-electron chi connectivity index (χ3n) is 1.88. The summed E-state index contributed by atoms with van der Waals surface area (Å²) in [7, 11) is 0. The average Bonchev–Trinajstić information content (AvgIpc) is 1.88. The summed E-state index contributed by atoms with van der Waals surface area (Å²) in [6.45, 7) is 4.45. The van der Waals surface area contributed by atoms with Gasteiger partial charge in [0.2, 0.25) is 0 Å². The first kappa shape index (κ1) is 7.93. The molecule has 10 heavy (non-hydrogen) atoms. The SMILES string of the molecule is CC(C)C1=C(S)C=CCC1. The van der Waals surface area contributed by atoms with Crippen LogP contribution in [0, 0.1) is 5.92 Å². The largest absolute Gasteiger partial charge is 0.143 e. The quantitative estimate of drug-likeness (QED) is 0.551. The van der Waals surface area contributed by atoms with Crippen molar-refractivity contribution in [1.82, 2.24) is 0 Å². The molecule has 1 rings (SSSR count). The zero-order valence-electron chi connectivity index (χ0n) is 6.59. The predicted octanol–water partition coefficient (Wildman–Crippen LogP) is 3.18. The van der Waals surface area contributed by atoms with E-state index in [4.69, 9.17) is 0 Å². The van der Waals surface area contributed by atoms with Crippen LogP contribution in [0.25, 0.3) is 0 Å². The van der Waals surface area contributed by atoms with Crippen molar-refractivity contribution in [2.45, 2.75) is 26.7 Å². The molecular formula is C9H14S. The zero-order valence-corrected chi connectivity index (χ0v) is 7.49. The van der Waals surface area contributed by atoms with Gasteiger partial charge >= 0.3 is 0 Å². The molecule has 0 saturated carbocycles. The molecule has 1 heteroatoms. The lowest BCUT2D eigenvalue weighted by Gasteiger charge is -2.15. The molecule has 0 unspecified atom stereocenters. The summed E-state index contributed by atoms with van der Waals surface area (Å²) in [5.41, 5.74) is 1.51. The Hall–Kier alpha value is -0.170. The van der Waals surface area contributed by atoms with Gasteiger partial charge < -0.3 is 0 Å². The fraction of sp³-hybridized carbons (Fsp3) is 0.556. The average molecular weight is 154 g/mol. The molecule has 0 bridgehead atoms. The van der Waals surface area contributed by atoms with Gasteiger partial charge in [-0.25, -0.2) is 0 Å². The van der Waals surface area contributed by atoms with Crippen LogP contribution in [0.5, 0.6) is 0 Å². The van der Waals surface area contributed by atoms with Gasteiger partial charge in [0.05, 0.1) is 0 Å². The molecular weight excluding hydrogens is 140 g/mol.